The summed E-state index contributed by atoms with van der Waals surface area (Å²) in [7, 11) is 0. The Morgan fingerprint density at radius 3 is 2.73 bits per heavy atom. The first-order valence-electron chi connectivity index (χ1n) is 5.56. The van der Waals surface area contributed by atoms with E-state index in [1.807, 2.05) is 19.1 Å². The molecule has 1 unspecified atom stereocenters. The van der Waals surface area contributed by atoms with Gasteiger partial charge >= 0.3 is 0 Å². The summed E-state index contributed by atoms with van der Waals surface area (Å²) in [5.41, 5.74) is -0.495. The van der Waals surface area contributed by atoms with E-state index < -0.39 is 5.54 Å². The minimum atomic E-state index is -0.495. The lowest BCUT2D eigenvalue weighted by Crippen LogP contribution is -2.61. The summed E-state index contributed by atoms with van der Waals surface area (Å²) >= 11 is 0. The van der Waals surface area contributed by atoms with Gasteiger partial charge in [0.15, 0.2) is 5.78 Å². The second-order valence-electron chi connectivity index (χ2n) is 4.68. The van der Waals surface area contributed by atoms with Crippen LogP contribution in [0.25, 0.3) is 0 Å². The van der Waals surface area contributed by atoms with Crippen LogP contribution in [0.4, 0.5) is 0 Å². The Kier molecular flexibility index (Phi) is 1.80. The SMILES string of the molecule is CC1(c2ccco2)C(=O)C2CCN1CC2. The van der Waals surface area contributed by atoms with Crippen LogP contribution in [0, 0.1) is 5.92 Å². The number of rotatable bonds is 1. The van der Waals surface area contributed by atoms with E-state index in [9.17, 15) is 4.79 Å². The van der Waals surface area contributed by atoms with Gasteiger partial charge in [-0.2, -0.15) is 0 Å². The van der Waals surface area contributed by atoms with Crippen molar-refractivity contribution in [3.8, 4) is 0 Å². The zero-order valence-corrected chi connectivity index (χ0v) is 8.90. The van der Waals surface area contributed by atoms with Crippen LogP contribution in [-0.2, 0) is 10.3 Å². The summed E-state index contributed by atoms with van der Waals surface area (Å²) in [6, 6.07) is 3.77. The van der Waals surface area contributed by atoms with Crippen LogP contribution in [0.15, 0.2) is 22.8 Å². The number of furan rings is 1. The van der Waals surface area contributed by atoms with Crippen molar-refractivity contribution in [1.82, 2.24) is 4.90 Å². The molecule has 0 radical (unpaired) electrons. The molecule has 2 bridgehead atoms. The van der Waals surface area contributed by atoms with Crippen LogP contribution in [0.1, 0.15) is 25.5 Å². The standard InChI is InChI=1S/C12H15NO2/c1-12(10-3-2-8-15-10)11(14)9-4-6-13(12)7-5-9/h2-3,8-9H,4-7H2,1H3. The van der Waals surface area contributed by atoms with Gasteiger partial charge in [0.1, 0.15) is 11.3 Å². The highest BCUT2D eigenvalue weighted by atomic mass is 16.3. The lowest BCUT2D eigenvalue weighted by Gasteiger charge is -2.49. The smallest absolute Gasteiger partial charge is 0.163 e. The Bertz CT molecular complexity index is 376. The zero-order chi connectivity index (χ0) is 10.5. The zero-order valence-electron chi connectivity index (χ0n) is 8.90. The van der Waals surface area contributed by atoms with Gasteiger partial charge in [0.2, 0.25) is 0 Å². The van der Waals surface area contributed by atoms with Crippen LogP contribution in [-0.4, -0.2) is 23.8 Å². The molecule has 4 rings (SSSR count). The van der Waals surface area contributed by atoms with Crippen LogP contribution in [0.2, 0.25) is 0 Å². The molecular weight excluding hydrogens is 190 g/mol. The molecule has 1 aromatic heterocycles. The first kappa shape index (κ1) is 9.16. The third-order valence-corrected chi connectivity index (χ3v) is 3.98. The number of piperidine rings is 3. The third-order valence-electron chi connectivity index (χ3n) is 3.98. The minimum Gasteiger partial charge on any atom is -0.467 e. The van der Waals surface area contributed by atoms with Gasteiger partial charge in [0, 0.05) is 19.0 Å². The Hall–Kier alpha value is -1.09. The number of hydrogen-bond acceptors (Lipinski definition) is 3. The average molecular weight is 205 g/mol. The second kappa shape index (κ2) is 2.95. The van der Waals surface area contributed by atoms with Crippen molar-refractivity contribution in [2.75, 3.05) is 13.1 Å². The molecule has 80 valence electrons. The van der Waals surface area contributed by atoms with Gasteiger partial charge < -0.3 is 4.42 Å². The quantitative estimate of drug-likeness (QED) is 0.700. The van der Waals surface area contributed by atoms with Crippen LogP contribution in [0.3, 0.4) is 0 Å². The molecule has 3 fully saturated rings. The number of carbonyl (C=O) groups excluding carboxylic acids is 1. The lowest BCUT2D eigenvalue weighted by atomic mass is 9.73. The van der Waals surface area contributed by atoms with Gasteiger partial charge in [-0.3, -0.25) is 9.69 Å². The van der Waals surface area contributed by atoms with E-state index in [1.165, 1.54) is 0 Å². The topological polar surface area (TPSA) is 33.5 Å². The summed E-state index contributed by atoms with van der Waals surface area (Å²) in [5, 5.41) is 0. The number of fused-ring (bicyclic) bond motifs is 3. The van der Waals surface area contributed by atoms with Crippen molar-refractivity contribution in [2.24, 2.45) is 5.92 Å². The van der Waals surface area contributed by atoms with Gasteiger partial charge in [0.25, 0.3) is 0 Å². The van der Waals surface area contributed by atoms with Crippen LogP contribution in [0.5, 0.6) is 0 Å². The number of nitrogens with zero attached hydrogens (tertiary/aromatic N) is 1. The lowest BCUT2D eigenvalue weighted by molar-refractivity contribution is -0.148. The largest absolute Gasteiger partial charge is 0.467 e. The first-order chi connectivity index (χ1) is 7.23. The molecule has 1 atom stereocenters. The van der Waals surface area contributed by atoms with Gasteiger partial charge in [-0.15, -0.1) is 0 Å². The molecule has 3 nitrogen and oxygen atoms in total. The van der Waals surface area contributed by atoms with E-state index in [4.69, 9.17) is 4.42 Å². The number of Topliss-reactive ketones (excluding diaryl/α,β-unsaturated/α-hetero) is 1. The van der Waals surface area contributed by atoms with Crippen LogP contribution < -0.4 is 0 Å². The maximum absolute atomic E-state index is 12.3. The first-order valence-corrected chi connectivity index (χ1v) is 5.56. The molecule has 1 aromatic rings. The van der Waals surface area contributed by atoms with E-state index in [1.54, 1.807) is 6.26 Å². The molecule has 0 saturated carbocycles. The van der Waals surface area contributed by atoms with Crippen molar-refractivity contribution < 1.29 is 9.21 Å². The minimum absolute atomic E-state index is 0.255. The predicted octanol–water partition coefficient (Wildman–Crippen LogP) is 1.79. The van der Waals surface area contributed by atoms with E-state index in [2.05, 4.69) is 4.90 Å². The fraction of sp³-hybridized carbons (Fsp3) is 0.583. The van der Waals surface area contributed by atoms with Crippen molar-refractivity contribution in [2.45, 2.75) is 25.3 Å². The van der Waals surface area contributed by atoms with Crippen molar-refractivity contribution in [3.63, 3.8) is 0 Å². The van der Waals surface area contributed by atoms with E-state index in [-0.39, 0.29) is 5.92 Å². The molecule has 0 aromatic carbocycles. The molecule has 0 N–H and O–H groups in total. The third kappa shape index (κ3) is 1.07. The molecular formula is C12H15NO2. The van der Waals surface area contributed by atoms with E-state index >= 15 is 0 Å². The summed E-state index contributed by atoms with van der Waals surface area (Å²) in [6.07, 6.45) is 3.70. The highest BCUT2D eigenvalue weighted by Gasteiger charge is 2.52. The molecule has 3 aliphatic rings. The van der Waals surface area contributed by atoms with E-state index in [0.29, 0.717) is 5.78 Å². The van der Waals surface area contributed by atoms with Gasteiger partial charge in [-0.25, -0.2) is 0 Å². The maximum atomic E-state index is 12.3. The molecule has 0 aliphatic carbocycles. The Morgan fingerprint density at radius 2 is 2.20 bits per heavy atom. The average Bonchev–Trinajstić information content (AvgIpc) is 2.79. The molecule has 3 aliphatic heterocycles. The molecule has 3 saturated heterocycles. The van der Waals surface area contributed by atoms with Crippen LogP contribution >= 0.6 is 0 Å². The summed E-state index contributed by atoms with van der Waals surface area (Å²) < 4.78 is 5.44. The molecule has 0 spiro atoms. The predicted molar refractivity (Wildman–Crippen MR) is 55.4 cm³/mol. The van der Waals surface area contributed by atoms with Gasteiger partial charge in [0.05, 0.1) is 6.26 Å². The van der Waals surface area contributed by atoms with Gasteiger partial charge in [-0.05, 0) is 31.9 Å². The Morgan fingerprint density at radius 1 is 1.47 bits per heavy atom. The van der Waals surface area contributed by atoms with Gasteiger partial charge in [-0.1, -0.05) is 0 Å². The molecule has 4 heterocycles. The van der Waals surface area contributed by atoms with Crippen molar-refractivity contribution in [1.29, 1.82) is 0 Å². The summed E-state index contributed by atoms with van der Waals surface area (Å²) in [5.74, 6) is 1.40. The Balaban J connectivity index is 2.07. The van der Waals surface area contributed by atoms with E-state index in [0.717, 1.165) is 31.7 Å². The number of ketones is 1. The monoisotopic (exact) mass is 205 g/mol. The fourth-order valence-electron chi connectivity index (χ4n) is 2.98. The van der Waals surface area contributed by atoms with Crippen molar-refractivity contribution in [3.05, 3.63) is 24.2 Å². The summed E-state index contributed by atoms with van der Waals surface area (Å²) in [4.78, 5) is 14.6. The molecule has 15 heavy (non-hydrogen) atoms. The number of hydrogen-bond donors (Lipinski definition) is 0. The highest BCUT2D eigenvalue weighted by Crippen LogP contribution is 2.42. The normalized spacial score (nSPS) is 39.7. The molecule has 0 amide bonds. The fourth-order valence-corrected chi connectivity index (χ4v) is 2.98. The van der Waals surface area contributed by atoms with Crippen molar-refractivity contribution >= 4 is 5.78 Å². The maximum Gasteiger partial charge on any atom is 0.163 e. The second-order valence-corrected chi connectivity index (χ2v) is 4.68. The number of carbonyl (C=O) groups is 1. The highest BCUT2D eigenvalue weighted by molar-refractivity contribution is 5.92. The molecule has 3 heteroatoms. The summed E-state index contributed by atoms with van der Waals surface area (Å²) in [6.45, 7) is 4.04. The Labute approximate surface area is 89.1 Å².